The third kappa shape index (κ3) is 2.47. The van der Waals surface area contributed by atoms with Crippen LogP contribution in [0.2, 0.25) is 0 Å². The van der Waals surface area contributed by atoms with Crippen molar-refractivity contribution in [2.75, 3.05) is 26.4 Å². The van der Waals surface area contributed by atoms with Crippen molar-refractivity contribution >= 4 is 11.7 Å². The van der Waals surface area contributed by atoms with Gasteiger partial charge in [0.15, 0.2) is 17.3 Å². The van der Waals surface area contributed by atoms with Crippen molar-refractivity contribution in [2.45, 2.75) is 19.4 Å². The summed E-state index contributed by atoms with van der Waals surface area (Å²) in [5.41, 5.74) is -0.106. The van der Waals surface area contributed by atoms with Gasteiger partial charge in [-0.25, -0.2) is 0 Å². The average molecular weight is 290 g/mol. The summed E-state index contributed by atoms with van der Waals surface area (Å²) in [5, 5.41) is 2.82. The van der Waals surface area contributed by atoms with Crippen molar-refractivity contribution in [3.63, 3.8) is 0 Å². The quantitative estimate of drug-likeness (QED) is 0.834. The molecule has 1 fully saturated rings. The first-order valence-electron chi connectivity index (χ1n) is 6.95. The zero-order chi connectivity index (χ0) is 15.0. The van der Waals surface area contributed by atoms with Crippen molar-refractivity contribution in [1.29, 1.82) is 0 Å². The Hall–Kier alpha value is -2.08. The molecule has 0 saturated carbocycles. The second-order valence-electron chi connectivity index (χ2n) is 5.73. The van der Waals surface area contributed by atoms with Gasteiger partial charge >= 0.3 is 0 Å². The largest absolute Gasteiger partial charge is 0.454 e. The van der Waals surface area contributed by atoms with Gasteiger partial charge in [0, 0.05) is 18.7 Å². The molecule has 0 atom stereocenters. The molecule has 2 aliphatic rings. The summed E-state index contributed by atoms with van der Waals surface area (Å²) in [6.45, 7) is 5.28. The minimum absolute atomic E-state index is 0.0314. The Bertz CT molecular complexity index is 597. The number of rotatable bonds is 3. The van der Waals surface area contributed by atoms with E-state index in [4.69, 9.17) is 9.47 Å². The fourth-order valence-corrected chi connectivity index (χ4v) is 2.56. The van der Waals surface area contributed by atoms with Gasteiger partial charge in [-0.05, 0) is 32.0 Å². The van der Waals surface area contributed by atoms with Gasteiger partial charge in [0.05, 0.1) is 12.1 Å². The van der Waals surface area contributed by atoms with Crippen molar-refractivity contribution in [3.05, 3.63) is 23.8 Å². The Kier molecular flexibility index (Phi) is 3.33. The zero-order valence-electron chi connectivity index (χ0n) is 12.1. The summed E-state index contributed by atoms with van der Waals surface area (Å²) in [7, 11) is 0. The standard InChI is InChI=1S/C15H18N2O4/c1-15(2)14(19)16-5-6-17(15)8-11(18)10-3-4-12-13(7-10)21-9-20-12/h3-4,7H,5-6,8-9H2,1-2H3,(H,16,19). The molecular weight excluding hydrogens is 272 g/mol. The molecule has 1 amide bonds. The van der Waals surface area contributed by atoms with Crippen molar-refractivity contribution in [2.24, 2.45) is 0 Å². The van der Waals surface area contributed by atoms with Gasteiger partial charge in [0.25, 0.3) is 0 Å². The highest BCUT2D eigenvalue weighted by Gasteiger charge is 2.38. The van der Waals surface area contributed by atoms with Crippen LogP contribution in [0.5, 0.6) is 11.5 Å². The van der Waals surface area contributed by atoms with E-state index in [1.807, 2.05) is 18.7 Å². The van der Waals surface area contributed by atoms with E-state index < -0.39 is 5.54 Å². The second kappa shape index (κ2) is 5.04. The molecule has 112 valence electrons. The molecule has 1 saturated heterocycles. The number of benzene rings is 1. The SMILES string of the molecule is CC1(C)C(=O)NCCN1CC(=O)c1ccc2c(c1)OCO2. The number of ketones is 1. The van der Waals surface area contributed by atoms with Gasteiger partial charge in [-0.3, -0.25) is 14.5 Å². The van der Waals surface area contributed by atoms with E-state index in [-0.39, 0.29) is 25.0 Å². The van der Waals surface area contributed by atoms with Crippen LogP contribution >= 0.6 is 0 Å². The highest BCUT2D eigenvalue weighted by atomic mass is 16.7. The molecule has 0 radical (unpaired) electrons. The molecule has 2 aliphatic heterocycles. The number of hydrogen-bond acceptors (Lipinski definition) is 5. The molecule has 6 heteroatoms. The molecule has 6 nitrogen and oxygen atoms in total. The van der Waals surface area contributed by atoms with Crippen LogP contribution in [-0.2, 0) is 4.79 Å². The monoisotopic (exact) mass is 290 g/mol. The van der Waals surface area contributed by atoms with Crippen molar-refractivity contribution in [1.82, 2.24) is 10.2 Å². The molecule has 0 aromatic heterocycles. The Morgan fingerprint density at radius 1 is 1.33 bits per heavy atom. The minimum atomic E-state index is -0.676. The third-order valence-corrected chi connectivity index (χ3v) is 4.04. The lowest BCUT2D eigenvalue weighted by molar-refractivity contribution is -0.134. The zero-order valence-corrected chi connectivity index (χ0v) is 12.1. The smallest absolute Gasteiger partial charge is 0.240 e. The summed E-state index contributed by atoms with van der Waals surface area (Å²) >= 11 is 0. The van der Waals surface area contributed by atoms with Crippen LogP contribution in [0.15, 0.2) is 18.2 Å². The van der Waals surface area contributed by atoms with Gasteiger partial charge in [0.2, 0.25) is 12.7 Å². The van der Waals surface area contributed by atoms with Gasteiger partial charge in [-0.15, -0.1) is 0 Å². The van der Waals surface area contributed by atoms with Gasteiger partial charge in [0.1, 0.15) is 0 Å². The molecule has 0 aliphatic carbocycles. The van der Waals surface area contributed by atoms with Crippen LogP contribution in [0, 0.1) is 0 Å². The number of carbonyl (C=O) groups excluding carboxylic acids is 2. The molecule has 0 bridgehead atoms. The van der Waals surface area contributed by atoms with Crippen LogP contribution in [0.1, 0.15) is 24.2 Å². The maximum absolute atomic E-state index is 12.4. The first-order valence-corrected chi connectivity index (χ1v) is 6.95. The Labute approximate surface area is 123 Å². The number of Topliss-reactive ketones (excluding diaryl/α,β-unsaturated/α-hetero) is 1. The van der Waals surface area contributed by atoms with E-state index in [1.165, 1.54) is 0 Å². The number of hydrogen-bond donors (Lipinski definition) is 1. The summed E-state index contributed by atoms with van der Waals surface area (Å²) in [4.78, 5) is 26.2. The van der Waals surface area contributed by atoms with Gasteiger partial charge < -0.3 is 14.8 Å². The molecule has 1 aromatic carbocycles. The van der Waals surface area contributed by atoms with E-state index >= 15 is 0 Å². The molecule has 1 N–H and O–H groups in total. The van der Waals surface area contributed by atoms with Crippen LogP contribution < -0.4 is 14.8 Å². The van der Waals surface area contributed by atoms with Gasteiger partial charge in [-0.2, -0.15) is 0 Å². The third-order valence-electron chi connectivity index (χ3n) is 4.04. The fourth-order valence-electron chi connectivity index (χ4n) is 2.56. The summed E-state index contributed by atoms with van der Waals surface area (Å²) in [6, 6.07) is 5.16. The molecule has 0 spiro atoms. The van der Waals surface area contributed by atoms with Crippen LogP contribution in [0.25, 0.3) is 0 Å². The lowest BCUT2D eigenvalue weighted by Gasteiger charge is -2.40. The van der Waals surface area contributed by atoms with Crippen LogP contribution in [0.4, 0.5) is 0 Å². The predicted molar refractivity (Wildman–Crippen MR) is 75.6 cm³/mol. The second-order valence-corrected chi connectivity index (χ2v) is 5.73. The lowest BCUT2D eigenvalue weighted by Crippen LogP contribution is -2.62. The number of carbonyl (C=O) groups is 2. The van der Waals surface area contributed by atoms with Crippen LogP contribution in [-0.4, -0.2) is 48.6 Å². The minimum Gasteiger partial charge on any atom is -0.454 e. The number of ether oxygens (including phenoxy) is 2. The molecule has 21 heavy (non-hydrogen) atoms. The van der Waals surface area contributed by atoms with E-state index in [0.29, 0.717) is 30.2 Å². The first kappa shape index (κ1) is 13.9. The summed E-state index contributed by atoms with van der Waals surface area (Å²) in [6.07, 6.45) is 0. The number of piperazine rings is 1. The number of amides is 1. The highest BCUT2D eigenvalue weighted by Crippen LogP contribution is 2.32. The Morgan fingerprint density at radius 3 is 2.90 bits per heavy atom. The predicted octanol–water partition coefficient (Wildman–Crippen LogP) is 0.808. The van der Waals surface area contributed by atoms with E-state index in [1.54, 1.807) is 18.2 Å². The Balaban J connectivity index is 1.75. The lowest BCUT2D eigenvalue weighted by atomic mass is 9.97. The maximum atomic E-state index is 12.4. The number of nitrogens with zero attached hydrogens (tertiary/aromatic N) is 1. The molecular formula is C15H18N2O4. The normalized spacial score (nSPS) is 20.2. The first-order chi connectivity index (χ1) is 9.98. The molecule has 1 aromatic rings. The van der Waals surface area contributed by atoms with Gasteiger partial charge in [-0.1, -0.05) is 0 Å². The highest BCUT2D eigenvalue weighted by molar-refractivity contribution is 5.99. The maximum Gasteiger partial charge on any atom is 0.240 e. The topological polar surface area (TPSA) is 67.9 Å². The number of fused-ring (bicyclic) bond motifs is 1. The van der Waals surface area contributed by atoms with E-state index in [2.05, 4.69) is 5.32 Å². The van der Waals surface area contributed by atoms with E-state index in [0.717, 1.165) is 0 Å². The fraction of sp³-hybridized carbons (Fsp3) is 0.467. The number of nitrogens with one attached hydrogen (secondary N) is 1. The summed E-state index contributed by atoms with van der Waals surface area (Å²) in [5.74, 6) is 1.17. The average Bonchev–Trinajstić information content (AvgIpc) is 2.91. The molecule has 0 unspecified atom stereocenters. The molecule has 2 heterocycles. The van der Waals surface area contributed by atoms with Crippen molar-refractivity contribution in [3.8, 4) is 11.5 Å². The molecule has 3 rings (SSSR count). The van der Waals surface area contributed by atoms with E-state index in [9.17, 15) is 9.59 Å². The summed E-state index contributed by atoms with van der Waals surface area (Å²) < 4.78 is 10.5. The Morgan fingerprint density at radius 2 is 2.10 bits per heavy atom. The van der Waals surface area contributed by atoms with Crippen LogP contribution in [0.3, 0.4) is 0 Å². The van der Waals surface area contributed by atoms with Crippen molar-refractivity contribution < 1.29 is 19.1 Å².